The third kappa shape index (κ3) is 4.87. The summed E-state index contributed by atoms with van der Waals surface area (Å²) in [4.78, 5) is 5.79. The van der Waals surface area contributed by atoms with Crippen molar-refractivity contribution in [2.24, 2.45) is 10.1 Å². The van der Waals surface area contributed by atoms with Crippen LogP contribution in [0.15, 0.2) is 82.2 Å². The van der Waals surface area contributed by atoms with E-state index in [9.17, 15) is 0 Å². The normalized spacial score (nSPS) is 12.4. The van der Waals surface area contributed by atoms with E-state index >= 15 is 0 Å². The first-order valence-electron chi connectivity index (χ1n) is 10.1. The molecule has 0 N–H and O–H groups in total. The van der Waals surface area contributed by atoms with Crippen LogP contribution >= 0.6 is 22.9 Å². The number of thiazole rings is 1. The number of nitrogens with zero attached hydrogens (tertiary/aromatic N) is 3. The second-order valence-electron chi connectivity index (χ2n) is 7.68. The van der Waals surface area contributed by atoms with Gasteiger partial charge in [-0.2, -0.15) is 5.10 Å². The topological polar surface area (TPSA) is 29.6 Å². The summed E-state index contributed by atoms with van der Waals surface area (Å²) < 4.78 is 1.92. The molecule has 4 aromatic rings. The highest BCUT2D eigenvalue weighted by Crippen LogP contribution is 2.25. The number of hydrogen-bond donors (Lipinski definition) is 0. The van der Waals surface area contributed by atoms with Crippen LogP contribution in [-0.4, -0.2) is 10.4 Å². The average molecular weight is 446 g/mol. The van der Waals surface area contributed by atoms with Crippen LogP contribution in [0.4, 0.5) is 5.69 Å². The molecule has 0 fully saturated rings. The standard InChI is InChI=1S/C26H24ClN3S/c1-17-9-12-21(13-10-17)20(4)29-30-25(22-6-5-7-23(27)15-22)16-31-26(30)28-24-14-18(2)8-11-19(24)3/h5-16H,1-4H3/b28-26?,29-20+. The van der Waals surface area contributed by atoms with Gasteiger partial charge in [-0.15, -0.1) is 11.3 Å². The molecule has 0 atom stereocenters. The van der Waals surface area contributed by atoms with E-state index in [1.807, 2.05) is 35.9 Å². The van der Waals surface area contributed by atoms with Crippen molar-refractivity contribution in [3.63, 3.8) is 0 Å². The average Bonchev–Trinajstić information content (AvgIpc) is 3.13. The molecule has 0 aliphatic rings. The van der Waals surface area contributed by atoms with Crippen LogP contribution in [-0.2, 0) is 0 Å². The lowest BCUT2D eigenvalue weighted by molar-refractivity contribution is 0.847. The molecular formula is C26H24ClN3S. The molecule has 1 aromatic heterocycles. The van der Waals surface area contributed by atoms with Crippen LogP contribution in [0.25, 0.3) is 11.3 Å². The van der Waals surface area contributed by atoms with E-state index in [0.29, 0.717) is 5.02 Å². The Balaban J connectivity index is 1.92. The van der Waals surface area contributed by atoms with E-state index in [2.05, 4.69) is 68.6 Å². The number of aromatic nitrogens is 1. The molecule has 3 aromatic carbocycles. The van der Waals surface area contributed by atoms with E-state index in [1.54, 1.807) is 11.3 Å². The third-order valence-corrected chi connectivity index (χ3v) is 6.16. The fourth-order valence-electron chi connectivity index (χ4n) is 3.27. The van der Waals surface area contributed by atoms with Gasteiger partial charge in [0.1, 0.15) is 0 Å². The van der Waals surface area contributed by atoms with Gasteiger partial charge >= 0.3 is 0 Å². The first-order valence-corrected chi connectivity index (χ1v) is 11.4. The minimum absolute atomic E-state index is 0.697. The van der Waals surface area contributed by atoms with Crippen molar-refractivity contribution in [1.29, 1.82) is 0 Å². The van der Waals surface area contributed by atoms with Gasteiger partial charge in [0.25, 0.3) is 0 Å². The van der Waals surface area contributed by atoms with E-state index in [-0.39, 0.29) is 0 Å². The minimum Gasteiger partial charge on any atom is -0.219 e. The Morgan fingerprint density at radius 2 is 1.65 bits per heavy atom. The van der Waals surface area contributed by atoms with Gasteiger partial charge in [0, 0.05) is 16.0 Å². The Kier molecular flexibility index (Phi) is 6.21. The first kappa shape index (κ1) is 21.3. The van der Waals surface area contributed by atoms with E-state index in [0.717, 1.165) is 38.6 Å². The van der Waals surface area contributed by atoms with Gasteiger partial charge in [0.15, 0.2) is 0 Å². The van der Waals surface area contributed by atoms with Gasteiger partial charge in [0.2, 0.25) is 4.80 Å². The summed E-state index contributed by atoms with van der Waals surface area (Å²) in [6.07, 6.45) is 0. The zero-order valence-corrected chi connectivity index (χ0v) is 19.6. The Morgan fingerprint density at radius 3 is 2.39 bits per heavy atom. The maximum Gasteiger partial charge on any atom is 0.211 e. The highest BCUT2D eigenvalue weighted by Gasteiger charge is 2.10. The maximum atomic E-state index is 6.27. The van der Waals surface area contributed by atoms with E-state index < -0.39 is 0 Å². The number of benzene rings is 3. The number of halogens is 1. The molecule has 3 nitrogen and oxygen atoms in total. The molecule has 4 rings (SSSR count). The molecule has 31 heavy (non-hydrogen) atoms. The van der Waals surface area contributed by atoms with Crippen LogP contribution in [0, 0.1) is 20.8 Å². The van der Waals surface area contributed by atoms with Gasteiger partial charge in [-0.1, -0.05) is 65.7 Å². The molecular weight excluding hydrogens is 422 g/mol. The second kappa shape index (κ2) is 9.04. The van der Waals surface area contributed by atoms with Crippen molar-refractivity contribution in [2.75, 3.05) is 0 Å². The zero-order valence-electron chi connectivity index (χ0n) is 18.1. The molecule has 0 aliphatic heterocycles. The van der Waals surface area contributed by atoms with Crippen molar-refractivity contribution in [2.45, 2.75) is 27.7 Å². The SMILES string of the molecule is C/C(=N\n1c(-c2cccc(Cl)c2)csc1=Nc1cc(C)ccc1C)c1ccc(C)cc1. The highest BCUT2D eigenvalue weighted by atomic mass is 35.5. The molecule has 0 bridgehead atoms. The summed E-state index contributed by atoms with van der Waals surface area (Å²) in [7, 11) is 0. The molecule has 0 spiro atoms. The zero-order chi connectivity index (χ0) is 22.0. The lowest BCUT2D eigenvalue weighted by atomic mass is 10.1. The Bertz CT molecular complexity index is 1330. The molecule has 0 saturated heterocycles. The van der Waals surface area contributed by atoms with Crippen LogP contribution in [0.5, 0.6) is 0 Å². The lowest BCUT2D eigenvalue weighted by Crippen LogP contribution is -2.14. The molecule has 0 amide bonds. The molecule has 1 heterocycles. The van der Waals surface area contributed by atoms with Crippen LogP contribution < -0.4 is 4.80 Å². The van der Waals surface area contributed by atoms with Gasteiger partial charge in [-0.05, 0) is 62.6 Å². The smallest absolute Gasteiger partial charge is 0.211 e. The van der Waals surface area contributed by atoms with Gasteiger partial charge in [-0.3, -0.25) is 0 Å². The predicted molar refractivity (Wildman–Crippen MR) is 133 cm³/mol. The summed E-state index contributed by atoms with van der Waals surface area (Å²) in [5, 5.41) is 7.76. The third-order valence-electron chi connectivity index (χ3n) is 5.11. The Labute approximate surface area is 192 Å². The van der Waals surface area contributed by atoms with Crippen LogP contribution in [0.1, 0.15) is 29.2 Å². The van der Waals surface area contributed by atoms with Gasteiger partial charge < -0.3 is 0 Å². The fraction of sp³-hybridized carbons (Fsp3) is 0.154. The highest BCUT2D eigenvalue weighted by molar-refractivity contribution is 7.07. The number of rotatable bonds is 4. The monoisotopic (exact) mass is 445 g/mol. The summed E-state index contributed by atoms with van der Waals surface area (Å²) >= 11 is 7.85. The second-order valence-corrected chi connectivity index (χ2v) is 8.95. The van der Waals surface area contributed by atoms with Crippen LogP contribution in [0.3, 0.4) is 0 Å². The van der Waals surface area contributed by atoms with Crippen LogP contribution in [0.2, 0.25) is 5.02 Å². The summed E-state index contributed by atoms with van der Waals surface area (Å²) in [5.41, 5.74) is 8.47. The fourth-order valence-corrected chi connectivity index (χ4v) is 4.30. The van der Waals surface area contributed by atoms with E-state index in [4.69, 9.17) is 21.7 Å². The summed E-state index contributed by atoms with van der Waals surface area (Å²) in [6.45, 7) is 8.27. The molecule has 5 heteroatoms. The van der Waals surface area contributed by atoms with Crippen molar-refractivity contribution in [1.82, 2.24) is 4.68 Å². The lowest BCUT2D eigenvalue weighted by Gasteiger charge is -2.08. The molecule has 0 radical (unpaired) electrons. The largest absolute Gasteiger partial charge is 0.219 e. The van der Waals surface area contributed by atoms with Crippen molar-refractivity contribution < 1.29 is 0 Å². The van der Waals surface area contributed by atoms with Crippen molar-refractivity contribution >= 4 is 34.3 Å². The van der Waals surface area contributed by atoms with E-state index in [1.165, 1.54) is 11.1 Å². The van der Waals surface area contributed by atoms with Crippen molar-refractivity contribution in [3.05, 3.63) is 104 Å². The molecule has 0 saturated carbocycles. The summed E-state index contributed by atoms with van der Waals surface area (Å²) in [5.74, 6) is 0. The summed E-state index contributed by atoms with van der Waals surface area (Å²) in [6, 6.07) is 22.6. The quantitative estimate of drug-likeness (QED) is 0.295. The van der Waals surface area contributed by atoms with Gasteiger partial charge in [-0.25, -0.2) is 9.67 Å². The van der Waals surface area contributed by atoms with Gasteiger partial charge in [0.05, 0.1) is 17.1 Å². The minimum atomic E-state index is 0.697. The number of hydrogen-bond acceptors (Lipinski definition) is 3. The maximum absolute atomic E-state index is 6.27. The first-order chi connectivity index (χ1) is 14.9. The number of aryl methyl sites for hydroxylation is 3. The van der Waals surface area contributed by atoms with Crippen molar-refractivity contribution in [3.8, 4) is 11.3 Å². The Morgan fingerprint density at radius 1 is 0.903 bits per heavy atom. The predicted octanol–water partition coefficient (Wildman–Crippen LogP) is 7.30. The Hall–Kier alpha value is -2.95. The molecule has 156 valence electrons. The molecule has 0 aliphatic carbocycles. The molecule has 0 unspecified atom stereocenters.